The Morgan fingerprint density at radius 1 is 0.157 bits per heavy atom. The van der Waals surface area contributed by atoms with E-state index in [4.69, 9.17) is 19.9 Å². The SMILES string of the molecule is c1ccc(-c2c3ccccc3c(-c3cccc(-c4nc(-c5cccc(-c6cccnc6)c5)cc(-c5ccc6ccccc6c5)n4)c3)c3ccccc23)cc1.c1ccc(-c2cc(-c3cccc(-c4cccnc4)c3)nc(-c3cccc(-c4c5ccccc5c(-c5cccc6ccccc56)c5ccccc45)c3)n2)cc1. The molecule has 0 aliphatic rings. The highest BCUT2D eigenvalue weighted by molar-refractivity contribution is 6.24. The number of hydrogen-bond donors (Lipinski definition) is 0. The van der Waals surface area contributed by atoms with Crippen molar-refractivity contribution in [1.82, 2.24) is 29.9 Å². The van der Waals surface area contributed by atoms with E-state index in [1.165, 1.54) is 98.0 Å². The van der Waals surface area contributed by atoms with Gasteiger partial charge in [-0.25, -0.2) is 19.9 Å². The van der Waals surface area contributed by atoms with Gasteiger partial charge in [-0.05, 0) is 175 Å². The molecule has 0 radical (unpaired) electrons. The molecule has 504 valence electrons. The molecular formula is C102H66N6. The van der Waals surface area contributed by atoms with Gasteiger partial charge in [0, 0.05) is 69.3 Å². The third kappa shape index (κ3) is 12.3. The number of nitrogens with zero attached hydrogens (tertiary/aromatic N) is 6. The van der Waals surface area contributed by atoms with Crippen LogP contribution in [0.25, 0.3) is 199 Å². The molecule has 16 aromatic carbocycles. The zero-order valence-electron chi connectivity index (χ0n) is 58.8. The highest BCUT2D eigenvalue weighted by Crippen LogP contribution is 2.48. The van der Waals surface area contributed by atoms with Gasteiger partial charge in [0.1, 0.15) is 0 Å². The molecular weight excluding hydrogens is 1310 g/mol. The van der Waals surface area contributed by atoms with Crippen molar-refractivity contribution in [1.29, 1.82) is 0 Å². The van der Waals surface area contributed by atoms with Crippen LogP contribution in [0.5, 0.6) is 0 Å². The molecule has 20 rings (SSSR count). The monoisotopic (exact) mass is 1370 g/mol. The Hall–Kier alpha value is -14.5. The summed E-state index contributed by atoms with van der Waals surface area (Å²) in [5, 5.41) is 14.6. The molecule has 0 spiro atoms. The van der Waals surface area contributed by atoms with Crippen LogP contribution in [-0.2, 0) is 0 Å². The van der Waals surface area contributed by atoms with Crippen molar-refractivity contribution in [2.75, 3.05) is 0 Å². The molecule has 20 aromatic rings. The lowest BCUT2D eigenvalue weighted by atomic mass is 9.84. The van der Waals surface area contributed by atoms with E-state index in [-0.39, 0.29) is 0 Å². The largest absolute Gasteiger partial charge is 0.264 e. The first-order valence-electron chi connectivity index (χ1n) is 36.5. The number of hydrogen-bond acceptors (Lipinski definition) is 6. The van der Waals surface area contributed by atoms with Crippen molar-refractivity contribution in [2.45, 2.75) is 0 Å². The van der Waals surface area contributed by atoms with Crippen LogP contribution in [0.15, 0.2) is 401 Å². The highest BCUT2D eigenvalue weighted by atomic mass is 14.9. The van der Waals surface area contributed by atoms with Crippen LogP contribution in [0, 0.1) is 0 Å². The quantitative estimate of drug-likeness (QED) is 0.113. The molecule has 0 amide bonds. The highest BCUT2D eigenvalue weighted by Gasteiger charge is 2.22. The Morgan fingerprint density at radius 3 is 0.935 bits per heavy atom. The Labute approximate surface area is 626 Å². The lowest BCUT2D eigenvalue weighted by molar-refractivity contribution is 1.18. The maximum absolute atomic E-state index is 5.28. The van der Waals surface area contributed by atoms with Crippen molar-refractivity contribution in [3.8, 4) is 135 Å². The summed E-state index contributed by atoms with van der Waals surface area (Å²) in [5.41, 5.74) is 23.5. The van der Waals surface area contributed by atoms with Gasteiger partial charge in [0.25, 0.3) is 0 Å². The normalized spacial score (nSPS) is 11.3. The van der Waals surface area contributed by atoms with Gasteiger partial charge in [0.2, 0.25) is 0 Å². The van der Waals surface area contributed by atoms with Crippen LogP contribution in [-0.4, -0.2) is 29.9 Å². The van der Waals surface area contributed by atoms with Crippen LogP contribution >= 0.6 is 0 Å². The Bertz CT molecular complexity index is 6680. The average molecular weight is 1380 g/mol. The second-order valence-electron chi connectivity index (χ2n) is 27.2. The van der Waals surface area contributed by atoms with Gasteiger partial charge in [0.05, 0.1) is 22.8 Å². The molecule has 6 heteroatoms. The van der Waals surface area contributed by atoms with E-state index < -0.39 is 0 Å². The van der Waals surface area contributed by atoms with Gasteiger partial charge < -0.3 is 0 Å². The van der Waals surface area contributed by atoms with Crippen molar-refractivity contribution in [3.63, 3.8) is 0 Å². The fourth-order valence-corrected chi connectivity index (χ4v) is 15.6. The summed E-state index contributed by atoms with van der Waals surface area (Å²) in [5.74, 6) is 1.36. The van der Waals surface area contributed by atoms with Gasteiger partial charge in [-0.3, -0.25) is 9.97 Å². The number of fused-ring (bicyclic) bond motifs is 6. The van der Waals surface area contributed by atoms with Gasteiger partial charge >= 0.3 is 0 Å². The fourth-order valence-electron chi connectivity index (χ4n) is 15.6. The minimum absolute atomic E-state index is 0.679. The van der Waals surface area contributed by atoms with Crippen LogP contribution in [0.1, 0.15) is 0 Å². The number of aromatic nitrogens is 6. The van der Waals surface area contributed by atoms with Crippen molar-refractivity contribution in [2.24, 2.45) is 0 Å². The maximum Gasteiger partial charge on any atom is 0.160 e. The lowest BCUT2D eigenvalue weighted by Crippen LogP contribution is -1.97. The van der Waals surface area contributed by atoms with Gasteiger partial charge in [-0.15, -0.1) is 0 Å². The fraction of sp³-hybridized carbons (Fsp3) is 0. The summed E-state index contributed by atoms with van der Waals surface area (Å²) in [6.45, 7) is 0. The molecule has 108 heavy (non-hydrogen) atoms. The first-order chi connectivity index (χ1) is 53.5. The predicted octanol–water partition coefficient (Wildman–Crippen LogP) is 26.7. The molecule has 0 atom stereocenters. The zero-order chi connectivity index (χ0) is 71.7. The summed E-state index contributed by atoms with van der Waals surface area (Å²) >= 11 is 0. The second-order valence-corrected chi connectivity index (χ2v) is 27.2. The third-order valence-electron chi connectivity index (χ3n) is 20.7. The van der Waals surface area contributed by atoms with Gasteiger partial charge in [-0.2, -0.15) is 0 Å². The topological polar surface area (TPSA) is 77.3 Å². The number of benzene rings is 16. The molecule has 0 saturated carbocycles. The standard InChI is InChI=1S/2C51H33N3/c1-2-15-35(16-3-1)47-32-48(37-19-10-18-36(30-37)40-22-13-29-52-33-40)54-51(53-47)39-21-11-20-38(31-39)49-43-24-6-8-26-45(43)50(46-27-9-7-25-44(46)49)42-28-12-17-34-14-4-5-23-41(34)42;1-2-14-35(15-3-1)49-43-22-6-8-24-45(43)50(46-25-9-7-23-44(46)49)40-19-11-20-41(31-40)51-53-47(38-18-10-17-37(30-38)42-21-12-28-52-33-42)32-48(54-51)39-27-26-34-13-4-5-16-36(34)29-39/h2*1-33H. The average Bonchev–Trinajstić information content (AvgIpc) is 0.734. The third-order valence-corrected chi connectivity index (χ3v) is 20.7. The molecule has 0 unspecified atom stereocenters. The molecule has 4 aromatic heterocycles. The summed E-state index contributed by atoms with van der Waals surface area (Å²) < 4.78 is 0. The maximum atomic E-state index is 5.28. The van der Waals surface area contributed by atoms with E-state index in [1.807, 2.05) is 30.6 Å². The van der Waals surface area contributed by atoms with Crippen molar-refractivity contribution >= 4 is 64.6 Å². The van der Waals surface area contributed by atoms with Crippen molar-refractivity contribution in [3.05, 3.63) is 401 Å². The number of rotatable bonds is 12. The van der Waals surface area contributed by atoms with Crippen LogP contribution in [0.3, 0.4) is 0 Å². The van der Waals surface area contributed by atoms with E-state index in [9.17, 15) is 0 Å². The molecule has 0 bridgehead atoms. The minimum atomic E-state index is 0.679. The Morgan fingerprint density at radius 2 is 0.472 bits per heavy atom. The summed E-state index contributed by atoms with van der Waals surface area (Å²) in [6, 6.07) is 133. The van der Waals surface area contributed by atoms with Gasteiger partial charge in [0.15, 0.2) is 11.6 Å². The van der Waals surface area contributed by atoms with E-state index in [0.29, 0.717) is 11.6 Å². The Kier molecular flexibility index (Phi) is 16.9. The predicted molar refractivity (Wildman–Crippen MR) is 450 cm³/mol. The molecule has 6 nitrogen and oxygen atoms in total. The van der Waals surface area contributed by atoms with E-state index in [0.717, 1.165) is 89.5 Å². The summed E-state index contributed by atoms with van der Waals surface area (Å²) in [7, 11) is 0. The Balaban J connectivity index is 0.000000147. The van der Waals surface area contributed by atoms with E-state index in [1.54, 1.807) is 12.4 Å². The molecule has 0 fully saturated rings. The van der Waals surface area contributed by atoms with E-state index >= 15 is 0 Å². The lowest BCUT2D eigenvalue weighted by Gasteiger charge is -2.19. The first-order valence-corrected chi connectivity index (χ1v) is 36.5. The molecule has 0 aliphatic carbocycles. The summed E-state index contributed by atoms with van der Waals surface area (Å²) in [4.78, 5) is 29.7. The number of pyridine rings is 2. The van der Waals surface area contributed by atoms with Crippen LogP contribution in [0.4, 0.5) is 0 Å². The van der Waals surface area contributed by atoms with Gasteiger partial charge in [-0.1, -0.05) is 322 Å². The smallest absolute Gasteiger partial charge is 0.160 e. The van der Waals surface area contributed by atoms with E-state index in [2.05, 4.69) is 368 Å². The van der Waals surface area contributed by atoms with Crippen molar-refractivity contribution < 1.29 is 0 Å². The second kappa shape index (κ2) is 28.3. The zero-order valence-corrected chi connectivity index (χ0v) is 58.8. The van der Waals surface area contributed by atoms with Crippen LogP contribution < -0.4 is 0 Å². The summed E-state index contributed by atoms with van der Waals surface area (Å²) in [6.07, 6.45) is 7.40. The molecule has 0 N–H and O–H groups in total. The first kappa shape index (κ1) is 64.4. The molecule has 0 saturated heterocycles. The minimum Gasteiger partial charge on any atom is -0.264 e. The molecule has 0 aliphatic heterocycles. The van der Waals surface area contributed by atoms with Crippen LogP contribution in [0.2, 0.25) is 0 Å². The molecule has 4 heterocycles.